The smallest absolute Gasteiger partial charge is 0.225 e. The van der Waals surface area contributed by atoms with Crippen LogP contribution in [-0.2, 0) is 4.79 Å². The average Bonchev–Trinajstić information content (AvgIpc) is 3.01. The summed E-state index contributed by atoms with van der Waals surface area (Å²) >= 11 is 0. The third-order valence-corrected chi connectivity index (χ3v) is 4.63. The van der Waals surface area contributed by atoms with E-state index in [1.165, 1.54) is 0 Å². The summed E-state index contributed by atoms with van der Waals surface area (Å²) in [6, 6.07) is 0.715. The molecule has 2 atom stereocenters. The van der Waals surface area contributed by atoms with Gasteiger partial charge in [0.2, 0.25) is 5.91 Å². The summed E-state index contributed by atoms with van der Waals surface area (Å²) < 4.78 is 0. The van der Waals surface area contributed by atoms with Crippen LogP contribution in [0.15, 0.2) is 4.99 Å². The van der Waals surface area contributed by atoms with Crippen molar-refractivity contribution in [3.8, 4) is 0 Å². The molecule has 24 heavy (non-hydrogen) atoms. The molecule has 2 unspecified atom stereocenters. The van der Waals surface area contributed by atoms with Gasteiger partial charge in [0, 0.05) is 37.6 Å². The van der Waals surface area contributed by atoms with Gasteiger partial charge in [0.25, 0.3) is 0 Å². The van der Waals surface area contributed by atoms with Gasteiger partial charge in [-0.25, -0.2) is 0 Å². The van der Waals surface area contributed by atoms with E-state index >= 15 is 0 Å². The fourth-order valence-electron chi connectivity index (χ4n) is 3.14. The molecule has 6 heteroatoms. The lowest BCUT2D eigenvalue weighted by atomic mass is 10.2. The second kappa shape index (κ2) is 10.5. The fourth-order valence-corrected chi connectivity index (χ4v) is 3.14. The number of carbonyl (C=O) groups excluding carboxylic acids is 1. The summed E-state index contributed by atoms with van der Waals surface area (Å²) in [5.74, 6) is 1.18. The minimum Gasteiger partial charge on any atom is -0.357 e. The average molecular weight is 340 g/mol. The van der Waals surface area contributed by atoms with Crippen molar-refractivity contribution < 1.29 is 4.79 Å². The number of nitrogens with one attached hydrogen (secondary N) is 2. The largest absolute Gasteiger partial charge is 0.357 e. The molecule has 1 aliphatic heterocycles. The third kappa shape index (κ3) is 6.30. The highest BCUT2D eigenvalue weighted by molar-refractivity contribution is 5.81. The molecule has 2 N–H and O–H groups in total. The van der Waals surface area contributed by atoms with Crippen LogP contribution in [-0.4, -0.2) is 73.0 Å². The summed E-state index contributed by atoms with van der Waals surface area (Å²) in [5, 5.41) is 6.82. The predicted molar refractivity (Wildman–Crippen MR) is 101 cm³/mol. The van der Waals surface area contributed by atoms with Gasteiger partial charge in [-0.15, -0.1) is 0 Å². The lowest BCUT2D eigenvalue weighted by Crippen LogP contribution is -2.46. The number of likely N-dealkylation sites (N-methyl/N-ethyl adjacent to an activating group) is 1. The summed E-state index contributed by atoms with van der Waals surface area (Å²) in [5.41, 5.74) is 0. The van der Waals surface area contributed by atoms with Gasteiger partial charge in [-0.3, -0.25) is 14.7 Å². The number of rotatable bonds is 8. The van der Waals surface area contributed by atoms with E-state index in [1.54, 1.807) is 0 Å². The Bertz CT molecular complexity index is 406. The number of amides is 1. The highest BCUT2D eigenvalue weighted by Gasteiger charge is 2.28. The van der Waals surface area contributed by atoms with E-state index in [0.29, 0.717) is 6.04 Å². The third-order valence-electron chi connectivity index (χ3n) is 4.63. The highest BCUT2D eigenvalue weighted by atomic mass is 16.2. The van der Waals surface area contributed by atoms with Gasteiger partial charge in [-0.05, 0) is 33.4 Å². The van der Waals surface area contributed by atoms with Crippen LogP contribution in [0.2, 0.25) is 0 Å². The molecule has 0 aromatic carbocycles. The van der Waals surface area contributed by atoms with E-state index in [0.717, 1.165) is 51.6 Å². The lowest BCUT2D eigenvalue weighted by Gasteiger charge is -2.25. The van der Waals surface area contributed by atoms with Gasteiger partial charge in [0.15, 0.2) is 5.96 Å². The number of likely N-dealkylation sites (tertiary alicyclic amines) is 1. The standard InChI is InChI=1S/C18H37N5O/c1-7-19-18(20-12-15(6)22(8-2)9-3)21-16-10-11-23(13-16)17(24)14(4)5/h14-16H,7-13H2,1-6H3,(H2,19,20,21). The van der Waals surface area contributed by atoms with Crippen LogP contribution in [0.1, 0.15) is 48.0 Å². The molecule has 0 radical (unpaired) electrons. The van der Waals surface area contributed by atoms with Crippen molar-refractivity contribution in [2.45, 2.75) is 60.0 Å². The number of guanidine groups is 1. The molecule has 0 aromatic rings. The van der Waals surface area contributed by atoms with Gasteiger partial charge in [-0.1, -0.05) is 27.7 Å². The van der Waals surface area contributed by atoms with Crippen molar-refractivity contribution in [3.05, 3.63) is 0 Å². The van der Waals surface area contributed by atoms with Gasteiger partial charge < -0.3 is 15.5 Å². The van der Waals surface area contributed by atoms with E-state index in [2.05, 4.69) is 43.2 Å². The van der Waals surface area contributed by atoms with E-state index in [4.69, 9.17) is 4.99 Å². The first kappa shape index (κ1) is 20.7. The van der Waals surface area contributed by atoms with E-state index < -0.39 is 0 Å². The minimum atomic E-state index is 0.0700. The van der Waals surface area contributed by atoms with Crippen LogP contribution in [0, 0.1) is 5.92 Å². The number of hydrogen-bond acceptors (Lipinski definition) is 3. The Balaban J connectivity index is 2.57. The Morgan fingerprint density at radius 2 is 1.92 bits per heavy atom. The van der Waals surface area contributed by atoms with E-state index in [1.807, 2.05) is 18.7 Å². The molecule has 0 aliphatic carbocycles. The van der Waals surface area contributed by atoms with E-state index in [-0.39, 0.29) is 17.9 Å². The van der Waals surface area contributed by atoms with Crippen molar-refractivity contribution in [1.29, 1.82) is 0 Å². The van der Waals surface area contributed by atoms with Crippen molar-refractivity contribution in [2.75, 3.05) is 39.3 Å². The van der Waals surface area contributed by atoms with E-state index in [9.17, 15) is 4.79 Å². The van der Waals surface area contributed by atoms with Gasteiger partial charge >= 0.3 is 0 Å². The molecule has 6 nitrogen and oxygen atoms in total. The second-order valence-corrected chi connectivity index (χ2v) is 6.86. The maximum absolute atomic E-state index is 12.1. The molecule has 1 saturated heterocycles. The predicted octanol–water partition coefficient (Wildman–Crippen LogP) is 1.53. The molecule has 1 rings (SSSR count). The molecule has 1 amide bonds. The first-order valence-electron chi connectivity index (χ1n) is 9.50. The number of hydrogen-bond donors (Lipinski definition) is 2. The van der Waals surface area contributed by atoms with Gasteiger partial charge in [0.05, 0.1) is 6.54 Å². The molecule has 0 spiro atoms. The second-order valence-electron chi connectivity index (χ2n) is 6.86. The molecule has 1 fully saturated rings. The van der Waals surface area contributed by atoms with Gasteiger partial charge in [-0.2, -0.15) is 0 Å². The Labute approximate surface area is 148 Å². The first-order valence-corrected chi connectivity index (χ1v) is 9.50. The Morgan fingerprint density at radius 1 is 1.25 bits per heavy atom. The maximum atomic E-state index is 12.1. The minimum absolute atomic E-state index is 0.0700. The van der Waals surface area contributed by atoms with Crippen LogP contribution < -0.4 is 10.6 Å². The van der Waals surface area contributed by atoms with Crippen molar-refractivity contribution in [1.82, 2.24) is 20.4 Å². The molecular formula is C18H37N5O. The van der Waals surface area contributed by atoms with Crippen molar-refractivity contribution in [2.24, 2.45) is 10.9 Å². The summed E-state index contributed by atoms with van der Waals surface area (Å²) in [6.07, 6.45) is 0.981. The number of nitrogens with zero attached hydrogens (tertiary/aromatic N) is 3. The quantitative estimate of drug-likeness (QED) is 0.520. The monoisotopic (exact) mass is 339 g/mol. The molecule has 0 bridgehead atoms. The molecule has 0 aromatic heterocycles. The molecule has 1 heterocycles. The fraction of sp³-hybridized carbons (Fsp3) is 0.889. The molecule has 0 saturated carbocycles. The summed E-state index contributed by atoms with van der Waals surface area (Å²) in [4.78, 5) is 21.2. The van der Waals surface area contributed by atoms with Crippen LogP contribution in [0.4, 0.5) is 0 Å². The zero-order chi connectivity index (χ0) is 18.1. The zero-order valence-electron chi connectivity index (χ0n) is 16.4. The molecular weight excluding hydrogens is 302 g/mol. The number of carbonyl (C=O) groups is 1. The molecule has 140 valence electrons. The Kier molecular flexibility index (Phi) is 9.11. The Hall–Kier alpha value is -1.30. The van der Waals surface area contributed by atoms with Crippen LogP contribution in [0.5, 0.6) is 0 Å². The topological polar surface area (TPSA) is 60.0 Å². The van der Waals surface area contributed by atoms with Crippen LogP contribution >= 0.6 is 0 Å². The zero-order valence-corrected chi connectivity index (χ0v) is 16.4. The van der Waals surface area contributed by atoms with Crippen LogP contribution in [0.25, 0.3) is 0 Å². The van der Waals surface area contributed by atoms with Gasteiger partial charge in [0.1, 0.15) is 0 Å². The van der Waals surface area contributed by atoms with Crippen molar-refractivity contribution in [3.63, 3.8) is 0 Å². The summed E-state index contributed by atoms with van der Waals surface area (Å²) in [7, 11) is 0. The Morgan fingerprint density at radius 3 is 2.46 bits per heavy atom. The van der Waals surface area contributed by atoms with Crippen molar-refractivity contribution >= 4 is 11.9 Å². The first-order chi connectivity index (χ1) is 11.4. The number of aliphatic imine (C=N–C) groups is 1. The highest BCUT2D eigenvalue weighted by Crippen LogP contribution is 2.12. The SMILES string of the molecule is CCNC(=NCC(C)N(CC)CC)NC1CCN(C(=O)C(C)C)C1. The normalized spacial score (nSPS) is 19.9. The maximum Gasteiger partial charge on any atom is 0.225 e. The van der Waals surface area contributed by atoms with Crippen LogP contribution in [0.3, 0.4) is 0 Å². The lowest BCUT2D eigenvalue weighted by molar-refractivity contribution is -0.133. The molecule has 1 aliphatic rings. The summed E-state index contributed by atoms with van der Waals surface area (Å²) in [6.45, 7) is 17.9.